The second-order valence-corrected chi connectivity index (χ2v) is 5.75. The molecule has 0 radical (unpaired) electrons. The molecule has 0 N–H and O–H groups in total. The number of amides is 1. The second kappa shape index (κ2) is 6.14. The maximum atomic E-state index is 12.7. The minimum atomic E-state index is -0.337. The van der Waals surface area contributed by atoms with E-state index in [-0.39, 0.29) is 17.7 Å². The number of rotatable bonds is 3. The molecule has 1 atom stereocenters. The van der Waals surface area contributed by atoms with Gasteiger partial charge in [-0.25, -0.2) is 0 Å². The number of ketones is 1. The molecule has 0 saturated carbocycles. The van der Waals surface area contributed by atoms with Gasteiger partial charge in [0.05, 0.1) is 6.04 Å². The van der Waals surface area contributed by atoms with Crippen LogP contribution in [0.5, 0.6) is 0 Å². The van der Waals surface area contributed by atoms with E-state index in [0.717, 1.165) is 18.4 Å². The zero-order chi connectivity index (χ0) is 15.5. The molecule has 2 aromatic carbocycles. The van der Waals surface area contributed by atoms with E-state index >= 15 is 0 Å². The highest BCUT2D eigenvalue weighted by atomic mass is 16.2. The van der Waals surface area contributed by atoms with E-state index in [2.05, 4.69) is 0 Å². The average Bonchev–Trinajstić information content (AvgIpc) is 3.04. The second-order valence-electron chi connectivity index (χ2n) is 5.75. The SMILES string of the molecule is Cc1ccc(C(=O)N2CCCC2C(=O)c2ccccc2)cc1. The molecule has 0 aromatic heterocycles. The quantitative estimate of drug-likeness (QED) is 0.812. The fraction of sp³-hybridized carbons (Fsp3) is 0.263. The topological polar surface area (TPSA) is 37.4 Å². The van der Waals surface area contributed by atoms with Crippen LogP contribution in [0.15, 0.2) is 54.6 Å². The summed E-state index contributed by atoms with van der Waals surface area (Å²) in [4.78, 5) is 27.1. The molecule has 112 valence electrons. The van der Waals surface area contributed by atoms with Crippen LogP contribution < -0.4 is 0 Å². The Bertz CT molecular complexity index is 676. The molecule has 1 unspecified atom stereocenters. The molecule has 22 heavy (non-hydrogen) atoms. The minimum absolute atomic E-state index is 0.0403. The Morgan fingerprint density at radius 3 is 2.32 bits per heavy atom. The van der Waals surface area contributed by atoms with E-state index in [9.17, 15) is 9.59 Å². The molecule has 3 rings (SSSR count). The van der Waals surface area contributed by atoms with E-state index in [1.54, 1.807) is 4.90 Å². The van der Waals surface area contributed by atoms with E-state index in [4.69, 9.17) is 0 Å². The normalized spacial score (nSPS) is 17.5. The Balaban J connectivity index is 1.82. The number of aryl methyl sites for hydroxylation is 1. The van der Waals surface area contributed by atoms with Gasteiger partial charge in [0.2, 0.25) is 0 Å². The summed E-state index contributed by atoms with van der Waals surface area (Å²) in [7, 11) is 0. The Labute approximate surface area is 130 Å². The van der Waals surface area contributed by atoms with Gasteiger partial charge in [-0.1, -0.05) is 48.0 Å². The molecule has 0 spiro atoms. The van der Waals surface area contributed by atoms with Crippen LogP contribution in [0.2, 0.25) is 0 Å². The summed E-state index contributed by atoms with van der Waals surface area (Å²) >= 11 is 0. The third-order valence-electron chi connectivity index (χ3n) is 4.17. The standard InChI is InChI=1S/C19H19NO2/c1-14-9-11-16(12-10-14)19(22)20-13-5-8-17(20)18(21)15-6-3-2-4-7-15/h2-4,6-7,9-12,17H,5,8,13H2,1H3. The van der Waals surface area contributed by atoms with Crippen molar-refractivity contribution in [1.29, 1.82) is 0 Å². The molecule has 3 nitrogen and oxygen atoms in total. The summed E-state index contributed by atoms with van der Waals surface area (Å²) in [5.41, 5.74) is 2.45. The van der Waals surface area contributed by atoms with Crippen molar-refractivity contribution >= 4 is 11.7 Å². The molecular formula is C19H19NO2. The predicted octanol–water partition coefficient (Wildman–Crippen LogP) is 3.48. The Morgan fingerprint density at radius 2 is 1.64 bits per heavy atom. The fourth-order valence-corrected chi connectivity index (χ4v) is 2.94. The maximum Gasteiger partial charge on any atom is 0.254 e. The van der Waals surface area contributed by atoms with Gasteiger partial charge in [0.25, 0.3) is 5.91 Å². The lowest BCUT2D eigenvalue weighted by Gasteiger charge is -2.24. The molecule has 0 bridgehead atoms. The molecule has 1 aliphatic rings. The van der Waals surface area contributed by atoms with Crippen LogP contribution >= 0.6 is 0 Å². The Hall–Kier alpha value is -2.42. The predicted molar refractivity (Wildman–Crippen MR) is 86.0 cm³/mol. The van der Waals surface area contributed by atoms with Crippen molar-refractivity contribution in [1.82, 2.24) is 4.90 Å². The third-order valence-corrected chi connectivity index (χ3v) is 4.17. The lowest BCUT2D eigenvalue weighted by atomic mass is 10.0. The summed E-state index contributed by atoms with van der Waals surface area (Å²) < 4.78 is 0. The number of carbonyl (C=O) groups excluding carboxylic acids is 2. The molecule has 1 aliphatic heterocycles. The van der Waals surface area contributed by atoms with Crippen molar-refractivity contribution in [2.45, 2.75) is 25.8 Å². The van der Waals surface area contributed by atoms with Gasteiger partial charge < -0.3 is 4.90 Å². The summed E-state index contributed by atoms with van der Waals surface area (Å²) in [6.07, 6.45) is 1.62. The van der Waals surface area contributed by atoms with Crippen LogP contribution in [0.25, 0.3) is 0 Å². The Morgan fingerprint density at radius 1 is 0.955 bits per heavy atom. The van der Waals surface area contributed by atoms with Crippen molar-refractivity contribution in [2.24, 2.45) is 0 Å². The number of hydrogen-bond acceptors (Lipinski definition) is 2. The van der Waals surface area contributed by atoms with Gasteiger partial charge in [-0.15, -0.1) is 0 Å². The van der Waals surface area contributed by atoms with E-state index in [1.807, 2.05) is 61.5 Å². The van der Waals surface area contributed by atoms with Crippen LogP contribution in [0.4, 0.5) is 0 Å². The number of likely N-dealkylation sites (tertiary alicyclic amines) is 1. The third kappa shape index (κ3) is 2.80. The van der Waals surface area contributed by atoms with E-state index in [0.29, 0.717) is 17.7 Å². The molecule has 3 heteroatoms. The summed E-state index contributed by atoms with van der Waals surface area (Å²) in [5, 5.41) is 0. The molecule has 1 saturated heterocycles. The van der Waals surface area contributed by atoms with E-state index < -0.39 is 0 Å². The summed E-state index contributed by atoms with van der Waals surface area (Å²) in [6, 6.07) is 16.4. The van der Waals surface area contributed by atoms with Crippen LogP contribution in [-0.4, -0.2) is 29.2 Å². The lowest BCUT2D eigenvalue weighted by molar-refractivity contribution is 0.0671. The first-order chi connectivity index (χ1) is 10.7. The first kappa shape index (κ1) is 14.5. The van der Waals surface area contributed by atoms with Crippen molar-refractivity contribution in [3.63, 3.8) is 0 Å². The van der Waals surface area contributed by atoms with Crippen molar-refractivity contribution in [3.8, 4) is 0 Å². The van der Waals surface area contributed by atoms with Crippen LogP contribution in [0, 0.1) is 6.92 Å². The Kier molecular flexibility index (Phi) is 4.05. The van der Waals surface area contributed by atoms with Gasteiger partial charge in [0, 0.05) is 17.7 Å². The first-order valence-corrected chi connectivity index (χ1v) is 7.64. The monoisotopic (exact) mass is 293 g/mol. The highest BCUT2D eigenvalue weighted by Gasteiger charge is 2.34. The first-order valence-electron chi connectivity index (χ1n) is 7.64. The van der Waals surface area contributed by atoms with Gasteiger partial charge in [-0.3, -0.25) is 9.59 Å². The van der Waals surface area contributed by atoms with Gasteiger partial charge in [0.1, 0.15) is 0 Å². The number of benzene rings is 2. The molecular weight excluding hydrogens is 274 g/mol. The largest absolute Gasteiger partial charge is 0.328 e. The van der Waals surface area contributed by atoms with Gasteiger partial charge in [-0.2, -0.15) is 0 Å². The molecule has 1 heterocycles. The van der Waals surface area contributed by atoms with Gasteiger partial charge in [-0.05, 0) is 31.9 Å². The van der Waals surface area contributed by atoms with Crippen LogP contribution in [0.1, 0.15) is 39.1 Å². The molecule has 2 aromatic rings. The highest BCUT2D eigenvalue weighted by Crippen LogP contribution is 2.23. The van der Waals surface area contributed by atoms with Crippen LogP contribution in [-0.2, 0) is 0 Å². The van der Waals surface area contributed by atoms with Crippen molar-refractivity contribution in [2.75, 3.05) is 6.54 Å². The molecule has 0 aliphatic carbocycles. The number of carbonyl (C=O) groups is 2. The number of hydrogen-bond donors (Lipinski definition) is 0. The zero-order valence-electron chi connectivity index (χ0n) is 12.7. The smallest absolute Gasteiger partial charge is 0.254 e. The minimum Gasteiger partial charge on any atom is -0.328 e. The fourth-order valence-electron chi connectivity index (χ4n) is 2.94. The highest BCUT2D eigenvalue weighted by molar-refractivity contribution is 6.04. The van der Waals surface area contributed by atoms with Gasteiger partial charge >= 0.3 is 0 Å². The number of nitrogens with zero attached hydrogens (tertiary/aromatic N) is 1. The van der Waals surface area contributed by atoms with Gasteiger partial charge in [0.15, 0.2) is 5.78 Å². The van der Waals surface area contributed by atoms with Crippen molar-refractivity contribution in [3.05, 3.63) is 71.3 Å². The lowest BCUT2D eigenvalue weighted by Crippen LogP contribution is -2.40. The van der Waals surface area contributed by atoms with Crippen LogP contribution in [0.3, 0.4) is 0 Å². The maximum absolute atomic E-state index is 12.7. The van der Waals surface area contributed by atoms with E-state index in [1.165, 1.54) is 0 Å². The molecule has 1 fully saturated rings. The summed E-state index contributed by atoms with van der Waals surface area (Å²) in [6.45, 7) is 2.64. The zero-order valence-corrected chi connectivity index (χ0v) is 12.7. The average molecular weight is 293 g/mol. The number of Topliss-reactive ketones (excluding diaryl/α,β-unsaturated/α-hetero) is 1. The van der Waals surface area contributed by atoms with Crippen molar-refractivity contribution < 1.29 is 9.59 Å². The summed E-state index contributed by atoms with van der Waals surface area (Å²) in [5.74, 6) is -0.00894. The molecule has 1 amide bonds.